The maximum absolute atomic E-state index is 3.55. The predicted molar refractivity (Wildman–Crippen MR) is 64.7 cm³/mol. The Morgan fingerprint density at radius 2 is 1.36 bits per heavy atom. The van der Waals surface area contributed by atoms with Crippen molar-refractivity contribution in [2.24, 2.45) is 0 Å². The maximum atomic E-state index is 3.55. The summed E-state index contributed by atoms with van der Waals surface area (Å²) in [6.07, 6.45) is 5.02. The van der Waals surface area contributed by atoms with Gasteiger partial charge in [0.25, 0.3) is 0 Å². The highest BCUT2D eigenvalue weighted by molar-refractivity contribution is 4.65. The molecule has 2 nitrogen and oxygen atoms in total. The van der Waals surface area contributed by atoms with Crippen molar-refractivity contribution in [2.45, 2.75) is 65.5 Å². The molecule has 0 saturated heterocycles. The Labute approximate surface area is 89.9 Å². The van der Waals surface area contributed by atoms with Gasteiger partial charge in [-0.2, -0.15) is 0 Å². The smallest absolute Gasteiger partial charge is 0.00508 e. The van der Waals surface area contributed by atoms with Crippen molar-refractivity contribution in [3.63, 3.8) is 0 Å². The predicted octanol–water partition coefficient (Wildman–Crippen LogP) is 2.54. The lowest BCUT2D eigenvalue weighted by Gasteiger charge is -2.16. The lowest BCUT2D eigenvalue weighted by molar-refractivity contribution is 0.451. The molecule has 14 heavy (non-hydrogen) atoms. The van der Waals surface area contributed by atoms with E-state index >= 15 is 0 Å². The van der Waals surface area contributed by atoms with Gasteiger partial charge in [-0.3, -0.25) is 0 Å². The van der Waals surface area contributed by atoms with E-state index in [9.17, 15) is 0 Å². The van der Waals surface area contributed by atoms with Crippen molar-refractivity contribution < 1.29 is 0 Å². The van der Waals surface area contributed by atoms with Crippen LogP contribution in [-0.4, -0.2) is 25.2 Å². The Morgan fingerprint density at radius 1 is 0.786 bits per heavy atom. The van der Waals surface area contributed by atoms with Gasteiger partial charge in [0.05, 0.1) is 0 Å². The molecule has 0 fully saturated rings. The Hall–Kier alpha value is -0.0800. The number of hydrogen-bond donors (Lipinski definition) is 2. The number of nitrogens with one attached hydrogen (secondary N) is 2. The van der Waals surface area contributed by atoms with Crippen LogP contribution in [0.1, 0.15) is 53.4 Å². The van der Waals surface area contributed by atoms with Gasteiger partial charge in [0.2, 0.25) is 0 Å². The summed E-state index contributed by atoms with van der Waals surface area (Å²) in [5.41, 5.74) is 0. The minimum atomic E-state index is 0.649. The summed E-state index contributed by atoms with van der Waals surface area (Å²) in [4.78, 5) is 0. The Bertz CT molecular complexity index is 115. The van der Waals surface area contributed by atoms with E-state index in [1.165, 1.54) is 25.7 Å². The molecular formula is C12H28N2. The molecule has 2 unspecified atom stereocenters. The second-order valence-corrected chi connectivity index (χ2v) is 4.29. The molecular weight excluding hydrogens is 172 g/mol. The zero-order valence-electron chi connectivity index (χ0n) is 10.4. The fourth-order valence-electron chi connectivity index (χ4n) is 1.57. The van der Waals surface area contributed by atoms with E-state index in [2.05, 4.69) is 38.3 Å². The molecule has 0 radical (unpaired) electrons. The highest BCUT2D eigenvalue weighted by atomic mass is 14.9. The van der Waals surface area contributed by atoms with Crippen molar-refractivity contribution in [3.8, 4) is 0 Å². The van der Waals surface area contributed by atoms with Gasteiger partial charge in [-0.15, -0.1) is 0 Å². The average Bonchev–Trinajstić information content (AvgIpc) is 2.15. The molecule has 0 aromatic heterocycles. The average molecular weight is 200 g/mol. The SMILES string of the molecule is CCCNC(C)CCNC(C)CCC. The molecule has 0 heterocycles. The van der Waals surface area contributed by atoms with Crippen LogP contribution in [0.5, 0.6) is 0 Å². The molecule has 0 aromatic rings. The second-order valence-electron chi connectivity index (χ2n) is 4.29. The highest BCUT2D eigenvalue weighted by Gasteiger charge is 2.02. The van der Waals surface area contributed by atoms with Crippen molar-refractivity contribution in [1.29, 1.82) is 0 Å². The van der Waals surface area contributed by atoms with Gasteiger partial charge in [-0.05, 0) is 46.2 Å². The number of hydrogen-bond acceptors (Lipinski definition) is 2. The van der Waals surface area contributed by atoms with Crippen molar-refractivity contribution in [2.75, 3.05) is 13.1 Å². The first-order valence-electron chi connectivity index (χ1n) is 6.17. The molecule has 0 saturated carbocycles. The van der Waals surface area contributed by atoms with E-state index in [1.807, 2.05) is 0 Å². The Kier molecular flexibility index (Phi) is 9.42. The third kappa shape index (κ3) is 8.52. The van der Waals surface area contributed by atoms with Crippen molar-refractivity contribution in [1.82, 2.24) is 10.6 Å². The van der Waals surface area contributed by atoms with E-state index in [0.717, 1.165) is 13.1 Å². The molecule has 0 rings (SSSR count). The molecule has 2 heteroatoms. The van der Waals surface area contributed by atoms with E-state index in [-0.39, 0.29) is 0 Å². The van der Waals surface area contributed by atoms with Crippen LogP contribution in [0.2, 0.25) is 0 Å². The van der Waals surface area contributed by atoms with Crippen LogP contribution in [0.4, 0.5) is 0 Å². The normalized spacial score (nSPS) is 15.4. The van der Waals surface area contributed by atoms with E-state index in [1.54, 1.807) is 0 Å². The Balaban J connectivity index is 3.25. The molecule has 0 aliphatic carbocycles. The first-order valence-corrected chi connectivity index (χ1v) is 6.17. The first-order chi connectivity index (χ1) is 6.70. The van der Waals surface area contributed by atoms with Gasteiger partial charge in [-0.25, -0.2) is 0 Å². The van der Waals surface area contributed by atoms with Crippen LogP contribution in [0.15, 0.2) is 0 Å². The van der Waals surface area contributed by atoms with E-state index in [0.29, 0.717) is 12.1 Å². The fraction of sp³-hybridized carbons (Fsp3) is 1.00. The van der Waals surface area contributed by atoms with Gasteiger partial charge in [0, 0.05) is 12.1 Å². The van der Waals surface area contributed by atoms with Crippen LogP contribution >= 0.6 is 0 Å². The minimum Gasteiger partial charge on any atom is -0.314 e. The maximum Gasteiger partial charge on any atom is 0.00508 e. The van der Waals surface area contributed by atoms with Crippen molar-refractivity contribution in [3.05, 3.63) is 0 Å². The van der Waals surface area contributed by atoms with E-state index < -0.39 is 0 Å². The largest absolute Gasteiger partial charge is 0.314 e. The molecule has 2 N–H and O–H groups in total. The van der Waals surface area contributed by atoms with Gasteiger partial charge >= 0.3 is 0 Å². The summed E-state index contributed by atoms with van der Waals surface area (Å²) < 4.78 is 0. The molecule has 0 amide bonds. The van der Waals surface area contributed by atoms with Crippen LogP contribution in [0.3, 0.4) is 0 Å². The van der Waals surface area contributed by atoms with E-state index in [4.69, 9.17) is 0 Å². The summed E-state index contributed by atoms with van der Waals surface area (Å²) in [6.45, 7) is 11.3. The van der Waals surface area contributed by atoms with Crippen LogP contribution in [0, 0.1) is 0 Å². The molecule has 0 aliphatic rings. The third-order valence-corrected chi connectivity index (χ3v) is 2.53. The van der Waals surface area contributed by atoms with Gasteiger partial charge in [-0.1, -0.05) is 20.3 Å². The molecule has 0 bridgehead atoms. The molecule has 86 valence electrons. The summed E-state index contributed by atoms with van der Waals surface area (Å²) >= 11 is 0. The highest BCUT2D eigenvalue weighted by Crippen LogP contribution is 1.96. The number of rotatable bonds is 9. The molecule has 0 aliphatic heterocycles. The summed E-state index contributed by atoms with van der Waals surface area (Å²) in [7, 11) is 0. The zero-order valence-corrected chi connectivity index (χ0v) is 10.4. The molecule has 0 aromatic carbocycles. The second kappa shape index (κ2) is 9.47. The third-order valence-electron chi connectivity index (χ3n) is 2.53. The fourth-order valence-corrected chi connectivity index (χ4v) is 1.57. The Morgan fingerprint density at radius 3 is 1.93 bits per heavy atom. The van der Waals surface area contributed by atoms with Gasteiger partial charge in [0.15, 0.2) is 0 Å². The lowest BCUT2D eigenvalue weighted by Crippen LogP contribution is -2.33. The minimum absolute atomic E-state index is 0.649. The summed E-state index contributed by atoms with van der Waals surface area (Å²) in [5, 5.41) is 7.05. The van der Waals surface area contributed by atoms with Crippen LogP contribution in [-0.2, 0) is 0 Å². The summed E-state index contributed by atoms with van der Waals surface area (Å²) in [6, 6.07) is 1.33. The quantitative estimate of drug-likeness (QED) is 0.598. The van der Waals surface area contributed by atoms with Crippen LogP contribution < -0.4 is 10.6 Å². The van der Waals surface area contributed by atoms with Crippen LogP contribution in [0.25, 0.3) is 0 Å². The van der Waals surface area contributed by atoms with Gasteiger partial charge < -0.3 is 10.6 Å². The molecule has 0 spiro atoms. The van der Waals surface area contributed by atoms with Gasteiger partial charge in [0.1, 0.15) is 0 Å². The topological polar surface area (TPSA) is 24.1 Å². The monoisotopic (exact) mass is 200 g/mol. The zero-order chi connectivity index (χ0) is 10.8. The summed E-state index contributed by atoms with van der Waals surface area (Å²) in [5.74, 6) is 0. The molecule has 2 atom stereocenters. The van der Waals surface area contributed by atoms with Crippen molar-refractivity contribution >= 4 is 0 Å². The standard InChI is InChI=1S/C12H28N2/c1-5-7-11(3)14-10-8-12(4)13-9-6-2/h11-14H,5-10H2,1-4H3. The first kappa shape index (κ1) is 13.9. The lowest BCUT2D eigenvalue weighted by atomic mass is 10.2.